The Kier molecular flexibility index (Phi) is 5.52. The van der Waals surface area contributed by atoms with Gasteiger partial charge in [0.25, 0.3) is 5.91 Å². The number of rotatable bonds is 5. The maximum absolute atomic E-state index is 13.8. The van der Waals surface area contributed by atoms with Crippen molar-refractivity contribution in [1.29, 1.82) is 0 Å². The van der Waals surface area contributed by atoms with Gasteiger partial charge in [-0.3, -0.25) is 4.79 Å². The Labute approximate surface area is 159 Å². The van der Waals surface area contributed by atoms with Crippen LogP contribution in [0, 0.1) is 11.6 Å². The summed E-state index contributed by atoms with van der Waals surface area (Å²) in [4.78, 5) is 16.6. The normalized spacial score (nSPS) is 10.4. The number of hydrogen-bond acceptors (Lipinski definition) is 4. The first-order valence-electron chi connectivity index (χ1n) is 7.79. The molecular weight excluding hydrogens is 376 g/mol. The average Bonchev–Trinajstić information content (AvgIpc) is 2.64. The highest BCUT2D eigenvalue weighted by Gasteiger charge is 2.12. The van der Waals surface area contributed by atoms with Crippen LogP contribution < -0.4 is 15.4 Å². The van der Waals surface area contributed by atoms with Crippen LogP contribution in [0.3, 0.4) is 0 Å². The molecule has 0 unspecified atom stereocenters. The molecule has 0 aliphatic rings. The fourth-order valence-electron chi connectivity index (χ4n) is 2.34. The Bertz CT molecular complexity index is 998. The topological polar surface area (TPSA) is 63.2 Å². The molecule has 138 valence electrons. The fraction of sp³-hybridized carbons (Fsp3) is 0.0526. The van der Waals surface area contributed by atoms with Crippen LogP contribution in [-0.4, -0.2) is 18.0 Å². The molecule has 1 aromatic heterocycles. The van der Waals surface area contributed by atoms with Crippen LogP contribution in [0.2, 0.25) is 5.02 Å². The molecule has 0 radical (unpaired) electrons. The van der Waals surface area contributed by atoms with Gasteiger partial charge in [-0.25, -0.2) is 13.8 Å². The molecule has 8 heteroatoms. The summed E-state index contributed by atoms with van der Waals surface area (Å²) >= 11 is 5.96. The van der Waals surface area contributed by atoms with E-state index in [1.807, 2.05) is 0 Å². The van der Waals surface area contributed by atoms with Crippen LogP contribution in [0.5, 0.6) is 5.75 Å². The monoisotopic (exact) mass is 389 g/mol. The molecule has 1 heterocycles. The highest BCUT2D eigenvalue weighted by Crippen LogP contribution is 2.28. The van der Waals surface area contributed by atoms with Gasteiger partial charge in [0.1, 0.15) is 23.2 Å². The second kappa shape index (κ2) is 8.01. The van der Waals surface area contributed by atoms with Crippen molar-refractivity contribution in [2.75, 3.05) is 17.7 Å². The van der Waals surface area contributed by atoms with Crippen molar-refractivity contribution >= 4 is 34.7 Å². The van der Waals surface area contributed by atoms with Crippen LogP contribution >= 0.6 is 11.6 Å². The summed E-state index contributed by atoms with van der Waals surface area (Å²) in [5.74, 6) is -1.20. The SMILES string of the molecule is COc1ccc(Cl)cc1NC(=O)c1ccnc(Nc2ccc(F)cc2F)c1. The highest BCUT2D eigenvalue weighted by molar-refractivity contribution is 6.31. The van der Waals surface area contributed by atoms with Gasteiger partial charge in [-0.1, -0.05) is 11.6 Å². The summed E-state index contributed by atoms with van der Waals surface area (Å²) in [6, 6.07) is 10.9. The number of nitrogens with one attached hydrogen (secondary N) is 2. The van der Waals surface area contributed by atoms with Gasteiger partial charge in [0, 0.05) is 22.8 Å². The maximum Gasteiger partial charge on any atom is 0.255 e. The van der Waals surface area contributed by atoms with Crippen LogP contribution in [0.25, 0.3) is 0 Å². The van der Waals surface area contributed by atoms with Crippen molar-refractivity contribution in [1.82, 2.24) is 4.98 Å². The average molecular weight is 390 g/mol. The molecular formula is C19H14ClF2N3O2. The number of ether oxygens (including phenoxy) is 1. The van der Waals surface area contributed by atoms with Crippen molar-refractivity contribution < 1.29 is 18.3 Å². The van der Waals surface area contributed by atoms with Gasteiger partial charge in [-0.2, -0.15) is 0 Å². The molecule has 0 atom stereocenters. The minimum Gasteiger partial charge on any atom is -0.495 e. The lowest BCUT2D eigenvalue weighted by Crippen LogP contribution is -2.13. The number of benzene rings is 2. The molecule has 0 aliphatic heterocycles. The predicted octanol–water partition coefficient (Wildman–Crippen LogP) is 5.02. The molecule has 3 aromatic rings. The molecule has 3 rings (SSSR count). The van der Waals surface area contributed by atoms with Crippen LogP contribution in [-0.2, 0) is 0 Å². The zero-order valence-electron chi connectivity index (χ0n) is 14.1. The Hall–Kier alpha value is -3.19. The highest BCUT2D eigenvalue weighted by atomic mass is 35.5. The minimum absolute atomic E-state index is 0.0398. The zero-order valence-corrected chi connectivity index (χ0v) is 14.8. The first kappa shape index (κ1) is 18.6. The predicted molar refractivity (Wildman–Crippen MR) is 99.8 cm³/mol. The first-order valence-corrected chi connectivity index (χ1v) is 8.17. The third-order valence-corrected chi connectivity index (χ3v) is 3.86. The molecule has 0 aliphatic carbocycles. The van der Waals surface area contributed by atoms with Crippen molar-refractivity contribution in [2.24, 2.45) is 0 Å². The molecule has 2 aromatic carbocycles. The smallest absolute Gasteiger partial charge is 0.255 e. The van der Waals surface area contributed by atoms with Gasteiger partial charge in [-0.15, -0.1) is 0 Å². The lowest BCUT2D eigenvalue weighted by Gasteiger charge is -2.11. The lowest BCUT2D eigenvalue weighted by atomic mass is 10.2. The summed E-state index contributed by atoms with van der Waals surface area (Å²) in [7, 11) is 1.48. The quantitative estimate of drug-likeness (QED) is 0.643. The Balaban J connectivity index is 1.81. The summed E-state index contributed by atoms with van der Waals surface area (Å²) in [5.41, 5.74) is 0.723. The molecule has 27 heavy (non-hydrogen) atoms. The molecule has 1 amide bonds. The molecule has 0 spiro atoms. The molecule has 2 N–H and O–H groups in total. The van der Waals surface area contributed by atoms with Crippen molar-refractivity contribution in [3.05, 3.63) is 76.9 Å². The van der Waals surface area contributed by atoms with E-state index in [0.717, 1.165) is 12.1 Å². The van der Waals surface area contributed by atoms with Crippen molar-refractivity contribution in [3.8, 4) is 5.75 Å². The van der Waals surface area contributed by atoms with Crippen molar-refractivity contribution in [3.63, 3.8) is 0 Å². The van der Waals surface area contributed by atoms with E-state index >= 15 is 0 Å². The van der Waals surface area contributed by atoms with Gasteiger partial charge < -0.3 is 15.4 Å². The van der Waals surface area contributed by atoms with Gasteiger partial charge in [0.05, 0.1) is 18.5 Å². The summed E-state index contributed by atoms with van der Waals surface area (Å²) in [6.45, 7) is 0. The number of carbonyl (C=O) groups is 1. The number of nitrogens with zero attached hydrogens (tertiary/aromatic N) is 1. The van der Waals surface area contributed by atoms with Crippen LogP contribution in [0.1, 0.15) is 10.4 Å². The molecule has 0 fully saturated rings. The number of pyridine rings is 1. The summed E-state index contributed by atoms with van der Waals surface area (Å²) < 4.78 is 32.0. The van der Waals surface area contributed by atoms with E-state index in [4.69, 9.17) is 16.3 Å². The number of anilines is 3. The molecule has 0 saturated heterocycles. The number of aromatic nitrogens is 1. The van der Waals surface area contributed by atoms with Gasteiger partial charge in [0.2, 0.25) is 0 Å². The second-order valence-corrected chi connectivity index (χ2v) is 5.91. The molecule has 0 saturated carbocycles. The summed E-state index contributed by atoms with van der Waals surface area (Å²) in [6.07, 6.45) is 1.40. The standard InChI is InChI=1S/C19H14ClF2N3O2/c1-27-17-5-2-12(20)9-16(17)25-19(26)11-6-7-23-18(8-11)24-15-4-3-13(21)10-14(15)22/h2-10H,1H3,(H,23,24)(H,25,26). The van der Waals surface area contributed by atoms with Crippen molar-refractivity contribution in [2.45, 2.75) is 0 Å². The van der Waals surface area contributed by atoms with Gasteiger partial charge >= 0.3 is 0 Å². The number of hydrogen-bond donors (Lipinski definition) is 2. The summed E-state index contributed by atoms with van der Waals surface area (Å²) in [5, 5.41) is 5.85. The fourth-order valence-corrected chi connectivity index (χ4v) is 2.51. The van der Waals surface area contributed by atoms with Gasteiger partial charge in [-0.05, 0) is 42.5 Å². The Morgan fingerprint density at radius 2 is 1.89 bits per heavy atom. The van der Waals surface area contributed by atoms with E-state index in [1.54, 1.807) is 18.2 Å². The Morgan fingerprint density at radius 3 is 2.63 bits per heavy atom. The van der Waals surface area contributed by atoms with Gasteiger partial charge in [0.15, 0.2) is 0 Å². The number of halogens is 3. The number of carbonyl (C=O) groups excluding carboxylic acids is 1. The third-order valence-electron chi connectivity index (χ3n) is 3.63. The molecule has 0 bridgehead atoms. The maximum atomic E-state index is 13.8. The lowest BCUT2D eigenvalue weighted by molar-refractivity contribution is 0.102. The third kappa shape index (κ3) is 4.51. The minimum atomic E-state index is -0.768. The largest absolute Gasteiger partial charge is 0.495 e. The zero-order chi connectivity index (χ0) is 19.4. The first-order chi connectivity index (χ1) is 13.0. The van der Waals surface area contributed by atoms with E-state index in [1.165, 1.54) is 31.5 Å². The van der Waals surface area contributed by atoms with E-state index in [9.17, 15) is 13.6 Å². The van der Waals surface area contributed by atoms with E-state index in [2.05, 4.69) is 15.6 Å². The number of methoxy groups -OCH3 is 1. The van der Waals surface area contributed by atoms with E-state index in [-0.39, 0.29) is 17.1 Å². The number of amides is 1. The Morgan fingerprint density at radius 1 is 1.07 bits per heavy atom. The van der Waals surface area contributed by atoms with E-state index < -0.39 is 17.5 Å². The second-order valence-electron chi connectivity index (χ2n) is 5.48. The van der Waals surface area contributed by atoms with Crippen LogP contribution in [0.4, 0.5) is 26.0 Å². The van der Waals surface area contributed by atoms with Crippen LogP contribution in [0.15, 0.2) is 54.7 Å². The molecule has 5 nitrogen and oxygen atoms in total. The van der Waals surface area contributed by atoms with E-state index in [0.29, 0.717) is 16.5 Å².